The second-order valence-electron chi connectivity index (χ2n) is 4.66. The second-order valence-corrected chi connectivity index (χ2v) is 4.66. The van der Waals surface area contributed by atoms with Gasteiger partial charge in [-0.15, -0.1) is 0 Å². The molecule has 2 aromatic carbocycles. The summed E-state index contributed by atoms with van der Waals surface area (Å²) >= 11 is 0. The summed E-state index contributed by atoms with van der Waals surface area (Å²) in [5.41, 5.74) is 4.84. The van der Waals surface area contributed by atoms with Crippen LogP contribution in [0, 0.1) is 0 Å². The van der Waals surface area contributed by atoms with Gasteiger partial charge in [0.15, 0.2) is 0 Å². The molecule has 2 N–H and O–H groups in total. The highest BCUT2D eigenvalue weighted by Gasteiger charge is 2.01. The van der Waals surface area contributed by atoms with Crippen molar-refractivity contribution in [1.29, 1.82) is 0 Å². The number of hydrogen-bond acceptors (Lipinski definition) is 2. The number of aromatic nitrogens is 2. The lowest BCUT2D eigenvalue weighted by Gasteiger charge is -2.08. The monoisotopic (exact) mass is 251 g/mol. The predicted octanol–water partition coefficient (Wildman–Crippen LogP) is 3.74. The number of benzene rings is 2. The van der Waals surface area contributed by atoms with Gasteiger partial charge in [0.1, 0.15) is 0 Å². The molecule has 96 valence electrons. The van der Waals surface area contributed by atoms with E-state index in [0.717, 1.165) is 29.6 Å². The molecule has 3 heteroatoms. The third-order valence-electron chi connectivity index (χ3n) is 3.40. The molecule has 0 aliphatic heterocycles. The van der Waals surface area contributed by atoms with Crippen LogP contribution in [0.3, 0.4) is 0 Å². The third-order valence-corrected chi connectivity index (χ3v) is 3.40. The van der Waals surface area contributed by atoms with Crippen LogP contribution in [0.5, 0.6) is 0 Å². The molecule has 0 saturated carbocycles. The molecular formula is C16H17N3. The average molecular weight is 251 g/mol. The Kier molecular flexibility index (Phi) is 3.19. The normalized spacial score (nSPS) is 10.8. The number of rotatable bonds is 4. The van der Waals surface area contributed by atoms with Crippen LogP contribution in [-0.2, 0) is 13.0 Å². The number of fused-ring (bicyclic) bond motifs is 1. The van der Waals surface area contributed by atoms with Crippen LogP contribution in [0.1, 0.15) is 18.1 Å². The van der Waals surface area contributed by atoms with Crippen LogP contribution in [0.2, 0.25) is 0 Å². The summed E-state index contributed by atoms with van der Waals surface area (Å²) in [6, 6.07) is 14.9. The van der Waals surface area contributed by atoms with Crippen molar-refractivity contribution in [1.82, 2.24) is 10.2 Å². The molecular weight excluding hydrogens is 234 g/mol. The standard InChI is InChI=1S/C16H17N3/c1-2-12-6-8-13(9-7-12)10-17-15-4-3-5-16-14(15)11-18-19-16/h3-9,11,17H,2,10H2,1H3,(H,18,19). The number of H-pyrrole nitrogens is 1. The van der Waals surface area contributed by atoms with Crippen molar-refractivity contribution in [3.05, 3.63) is 59.8 Å². The van der Waals surface area contributed by atoms with Crippen molar-refractivity contribution in [2.24, 2.45) is 0 Å². The Morgan fingerprint density at radius 2 is 1.84 bits per heavy atom. The van der Waals surface area contributed by atoms with E-state index in [4.69, 9.17) is 0 Å². The fourth-order valence-electron chi connectivity index (χ4n) is 2.21. The smallest absolute Gasteiger partial charge is 0.0671 e. The Bertz CT molecular complexity index is 668. The zero-order valence-corrected chi connectivity index (χ0v) is 11.0. The van der Waals surface area contributed by atoms with Gasteiger partial charge in [0, 0.05) is 17.6 Å². The Hall–Kier alpha value is -2.29. The molecule has 0 fully saturated rings. The Morgan fingerprint density at radius 1 is 1.05 bits per heavy atom. The van der Waals surface area contributed by atoms with E-state index in [1.165, 1.54) is 11.1 Å². The van der Waals surface area contributed by atoms with Crippen LogP contribution in [0.4, 0.5) is 5.69 Å². The molecule has 0 unspecified atom stereocenters. The minimum absolute atomic E-state index is 0.828. The summed E-state index contributed by atoms with van der Waals surface area (Å²) in [5.74, 6) is 0. The molecule has 0 bridgehead atoms. The van der Waals surface area contributed by atoms with Crippen molar-refractivity contribution in [3.63, 3.8) is 0 Å². The van der Waals surface area contributed by atoms with Crippen molar-refractivity contribution < 1.29 is 0 Å². The molecule has 3 aromatic rings. The topological polar surface area (TPSA) is 40.7 Å². The molecule has 0 saturated heterocycles. The van der Waals surface area contributed by atoms with E-state index < -0.39 is 0 Å². The van der Waals surface area contributed by atoms with Crippen molar-refractivity contribution >= 4 is 16.6 Å². The van der Waals surface area contributed by atoms with Gasteiger partial charge in [-0.05, 0) is 29.7 Å². The third kappa shape index (κ3) is 2.45. The molecule has 0 aliphatic rings. The molecule has 0 aliphatic carbocycles. The van der Waals surface area contributed by atoms with Gasteiger partial charge < -0.3 is 5.32 Å². The maximum absolute atomic E-state index is 4.07. The van der Waals surface area contributed by atoms with Gasteiger partial charge >= 0.3 is 0 Å². The number of nitrogens with one attached hydrogen (secondary N) is 2. The molecule has 1 heterocycles. The van der Waals surface area contributed by atoms with E-state index in [1.807, 2.05) is 18.3 Å². The summed E-state index contributed by atoms with van der Waals surface area (Å²) < 4.78 is 0. The van der Waals surface area contributed by atoms with E-state index in [2.05, 4.69) is 52.8 Å². The molecule has 0 amide bonds. The molecule has 19 heavy (non-hydrogen) atoms. The maximum Gasteiger partial charge on any atom is 0.0671 e. The summed E-state index contributed by atoms with van der Waals surface area (Å²) in [6.07, 6.45) is 2.94. The quantitative estimate of drug-likeness (QED) is 0.741. The fraction of sp³-hybridized carbons (Fsp3) is 0.188. The highest BCUT2D eigenvalue weighted by atomic mass is 15.1. The number of anilines is 1. The van der Waals surface area contributed by atoms with Crippen molar-refractivity contribution in [3.8, 4) is 0 Å². The van der Waals surface area contributed by atoms with Gasteiger partial charge in [-0.2, -0.15) is 5.10 Å². The number of nitrogens with zero attached hydrogens (tertiary/aromatic N) is 1. The van der Waals surface area contributed by atoms with E-state index in [-0.39, 0.29) is 0 Å². The molecule has 0 atom stereocenters. The summed E-state index contributed by atoms with van der Waals surface area (Å²) in [7, 11) is 0. The molecule has 3 nitrogen and oxygen atoms in total. The largest absolute Gasteiger partial charge is 0.380 e. The van der Waals surface area contributed by atoms with Crippen LogP contribution in [-0.4, -0.2) is 10.2 Å². The first-order chi connectivity index (χ1) is 9.36. The second kappa shape index (κ2) is 5.14. The first kappa shape index (κ1) is 11.8. The molecule has 0 spiro atoms. The SMILES string of the molecule is CCc1ccc(CNc2cccc3[nH]ncc23)cc1. The minimum Gasteiger partial charge on any atom is -0.380 e. The maximum atomic E-state index is 4.07. The summed E-state index contributed by atoms with van der Waals surface area (Å²) in [5, 5.41) is 11.7. The number of hydrogen-bond donors (Lipinski definition) is 2. The highest BCUT2D eigenvalue weighted by molar-refractivity contribution is 5.90. The fourth-order valence-corrected chi connectivity index (χ4v) is 2.21. The van der Waals surface area contributed by atoms with E-state index >= 15 is 0 Å². The van der Waals surface area contributed by atoms with Gasteiger partial charge in [-0.25, -0.2) is 0 Å². The Morgan fingerprint density at radius 3 is 2.63 bits per heavy atom. The summed E-state index contributed by atoms with van der Waals surface area (Å²) in [6.45, 7) is 3.00. The zero-order valence-electron chi connectivity index (χ0n) is 11.0. The van der Waals surface area contributed by atoms with E-state index in [0.29, 0.717) is 0 Å². The lowest BCUT2D eigenvalue weighted by molar-refractivity contribution is 1.11. The highest BCUT2D eigenvalue weighted by Crippen LogP contribution is 2.21. The van der Waals surface area contributed by atoms with Crippen LogP contribution < -0.4 is 5.32 Å². The Balaban J connectivity index is 1.76. The predicted molar refractivity (Wildman–Crippen MR) is 79.2 cm³/mol. The van der Waals surface area contributed by atoms with Gasteiger partial charge in [0.2, 0.25) is 0 Å². The van der Waals surface area contributed by atoms with E-state index in [1.54, 1.807) is 0 Å². The van der Waals surface area contributed by atoms with Gasteiger partial charge in [-0.1, -0.05) is 37.3 Å². The first-order valence-electron chi connectivity index (χ1n) is 6.60. The Labute approximate surface area is 112 Å². The molecule has 3 rings (SSSR count). The number of aryl methyl sites for hydroxylation is 1. The minimum atomic E-state index is 0.828. The van der Waals surface area contributed by atoms with Crippen LogP contribution >= 0.6 is 0 Å². The number of aromatic amines is 1. The lowest BCUT2D eigenvalue weighted by atomic mass is 10.1. The molecule has 0 radical (unpaired) electrons. The van der Waals surface area contributed by atoms with E-state index in [9.17, 15) is 0 Å². The first-order valence-corrected chi connectivity index (χ1v) is 6.60. The van der Waals surface area contributed by atoms with Gasteiger partial charge in [0.05, 0.1) is 11.7 Å². The average Bonchev–Trinajstić information content (AvgIpc) is 2.94. The molecule has 1 aromatic heterocycles. The summed E-state index contributed by atoms with van der Waals surface area (Å²) in [4.78, 5) is 0. The van der Waals surface area contributed by atoms with Crippen LogP contribution in [0.15, 0.2) is 48.7 Å². The van der Waals surface area contributed by atoms with Gasteiger partial charge in [-0.3, -0.25) is 5.10 Å². The van der Waals surface area contributed by atoms with Gasteiger partial charge in [0.25, 0.3) is 0 Å². The zero-order chi connectivity index (χ0) is 13.1. The lowest BCUT2D eigenvalue weighted by Crippen LogP contribution is -1.99. The van der Waals surface area contributed by atoms with Crippen molar-refractivity contribution in [2.75, 3.05) is 5.32 Å². The van der Waals surface area contributed by atoms with Crippen LogP contribution in [0.25, 0.3) is 10.9 Å². The van der Waals surface area contributed by atoms with Crippen molar-refractivity contribution in [2.45, 2.75) is 19.9 Å².